The molecule has 1 atom stereocenters. The van der Waals surface area contributed by atoms with Crippen molar-refractivity contribution in [2.45, 2.75) is 38.6 Å². The predicted molar refractivity (Wildman–Crippen MR) is 72.5 cm³/mol. The highest BCUT2D eigenvalue weighted by atomic mass is 79.9. The molecule has 1 fully saturated rings. The van der Waals surface area contributed by atoms with Crippen LogP contribution >= 0.6 is 15.9 Å². The highest BCUT2D eigenvalue weighted by Gasteiger charge is 2.22. The van der Waals surface area contributed by atoms with Crippen LogP contribution in [0.2, 0.25) is 0 Å². The van der Waals surface area contributed by atoms with Gasteiger partial charge in [0.05, 0.1) is 0 Å². The molecule has 2 heteroatoms. The molecule has 0 spiro atoms. The quantitative estimate of drug-likeness (QED) is 0.820. The van der Waals surface area contributed by atoms with Crippen molar-refractivity contribution in [2.75, 3.05) is 6.54 Å². The highest BCUT2D eigenvalue weighted by molar-refractivity contribution is 9.10. The maximum Gasteiger partial charge on any atom is 0.0320 e. The average molecular weight is 282 g/mol. The molecular formula is C14H20BrN. The zero-order valence-electron chi connectivity index (χ0n) is 9.88. The van der Waals surface area contributed by atoms with Crippen LogP contribution in [-0.4, -0.2) is 6.54 Å². The van der Waals surface area contributed by atoms with Crippen LogP contribution in [0.3, 0.4) is 0 Å². The first-order valence-corrected chi connectivity index (χ1v) is 7.07. The van der Waals surface area contributed by atoms with Gasteiger partial charge >= 0.3 is 0 Å². The summed E-state index contributed by atoms with van der Waals surface area (Å²) in [4.78, 5) is 0. The van der Waals surface area contributed by atoms with Crippen LogP contribution in [0.25, 0.3) is 0 Å². The maximum atomic E-state index is 3.59. The summed E-state index contributed by atoms with van der Waals surface area (Å²) in [5.41, 5.74) is 1.41. The van der Waals surface area contributed by atoms with Gasteiger partial charge in [0.2, 0.25) is 0 Å². The first-order valence-electron chi connectivity index (χ1n) is 6.28. The van der Waals surface area contributed by atoms with Gasteiger partial charge in [0, 0.05) is 10.5 Å². The predicted octanol–water partition coefficient (Wildman–Crippen LogP) is 4.29. The fourth-order valence-corrected chi connectivity index (χ4v) is 2.58. The molecule has 0 amide bonds. The molecule has 1 saturated carbocycles. The van der Waals surface area contributed by atoms with Gasteiger partial charge in [-0.05, 0) is 43.0 Å². The van der Waals surface area contributed by atoms with Crippen molar-refractivity contribution in [3.05, 3.63) is 34.3 Å². The van der Waals surface area contributed by atoms with Crippen LogP contribution in [0.1, 0.15) is 44.2 Å². The molecule has 2 rings (SSSR count). The van der Waals surface area contributed by atoms with Crippen LogP contribution in [0.15, 0.2) is 28.7 Å². The molecule has 0 saturated heterocycles. The Morgan fingerprint density at radius 1 is 1.44 bits per heavy atom. The van der Waals surface area contributed by atoms with Gasteiger partial charge in [-0.25, -0.2) is 0 Å². The fourth-order valence-electron chi connectivity index (χ4n) is 2.17. The number of nitrogens with one attached hydrogen (secondary N) is 1. The van der Waals surface area contributed by atoms with Gasteiger partial charge in [-0.2, -0.15) is 0 Å². The largest absolute Gasteiger partial charge is 0.310 e. The summed E-state index contributed by atoms with van der Waals surface area (Å²) in [5, 5.41) is 3.59. The van der Waals surface area contributed by atoms with Crippen molar-refractivity contribution in [1.82, 2.24) is 5.32 Å². The molecule has 1 nitrogen and oxygen atoms in total. The second-order valence-corrected chi connectivity index (χ2v) is 5.60. The first kappa shape index (κ1) is 12.1. The second kappa shape index (κ2) is 5.83. The van der Waals surface area contributed by atoms with Gasteiger partial charge in [0.1, 0.15) is 0 Å². The number of benzene rings is 1. The molecule has 0 heterocycles. The molecule has 0 bridgehead atoms. The Balaban J connectivity index is 1.98. The SMILES string of the molecule is CCNC(CCC1CC1)c1cccc(Br)c1. The summed E-state index contributed by atoms with van der Waals surface area (Å²) in [6.45, 7) is 3.23. The van der Waals surface area contributed by atoms with E-state index < -0.39 is 0 Å². The van der Waals surface area contributed by atoms with Crippen molar-refractivity contribution in [1.29, 1.82) is 0 Å². The van der Waals surface area contributed by atoms with Crippen LogP contribution in [-0.2, 0) is 0 Å². The van der Waals surface area contributed by atoms with Gasteiger partial charge in [0.25, 0.3) is 0 Å². The van der Waals surface area contributed by atoms with Crippen LogP contribution < -0.4 is 5.32 Å². The normalized spacial score (nSPS) is 17.4. The van der Waals surface area contributed by atoms with Crippen LogP contribution in [0.4, 0.5) is 0 Å². The molecule has 1 aromatic carbocycles. The minimum absolute atomic E-state index is 0.531. The fraction of sp³-hybridized carbons (Fsp3) is 0.571. The molecule has 1 aliphatic rings. The molecule has 0 aliphatic heterocycles. The summed E-state index contributed by atoms with van der Waals surface area (Å²) in [6.07, 6.45) is 5.56. The molecule has 1 aromatic rings. The lowest BCUT2D eigenvalue weighted by molar-refractivity contribution is 0.481. The lowest BCUT2D eigenvalue weighted by Crippen LogP contribution is -2.21. The van der Waals surface area contributed by atoms with E-state index in [4.69, 9.17) is 0 Å². The number of halogens is 1. The third-order valence-corrected chi connectivity index (χ3v) is 3.76. The van der Waals surface area contributed by atoms with E-state index in [9.17, 15) is 0 Å². The second-order valence-electron chi connectivity index (χ2n) is 4.69. The minimum Gasteiger partial charge on any atom is -0.310 e. The monoisotopic (exact) mass is 281 g/mol. The standard InChI is InChI=1S/C14H20BrN/c1-2-16-14(9-8-11-6-7-11)12-4-3-5-13(15)10-12/h3-5,10-11,14,16H,2,6-9H2,1H3. The summed E-state index contributed by atoms with van der Waals surface area (Å²) in [6, 6.07) is 9.21. The maximum absolute atomic E-state index is 3.59. The Labute approximate surface area is 107 Å². The Morgan fingerprint density at radius 2 is 2.25 bits per heavy atom. The molecule has 88 valence electrons. The van der Waals surface area contributed by atoms with Crippen molar-refractivity contribution in [3.63, 3.8) is 0 Å². The van der Waals surface area contributed by atoms with Crippen LogP contribution in [0.5, 0.6) is 0 Å². The van der Waals surface area contributed by atoms with Crippen molar-refractivity contribution in [2.24, 2.45) is 5.92 Å². The van der Waals surface area contributed by atoms with Gasteiger partial charge in [-0.3, -0.25) is 0 Å². The third-order valence-electron chi connectivity index (χ3n) is 3.26. The first-order chi connectivity index (χ1) is 7.79. The number of hydrogen-bond acceptors (Lipinski definition) is 1. The molecule has 1 N–H and O–H groups in total. The van der Waals surface area contributed by atoms with Gasteiger partial charge < -0.3 is 5.32 Å². The third kappa shape index (κ3) is 3.60. The molecule has 0 aromatic heterocycles. The van der Waals surface area contributed by atoms with Crippen molar-refractivity contribution in [3.8, 4) is 0 Å². The molecular weight excluding hydrogens is 262 g/mol. The van der Waals surface area contributed by atoms with Gasteiger partial charge in [-0.15, -0.1) is 0 Å². The lowest BCUT2D eigenvalue weighted by atomic mass is 10.0. The number of hydrogen-bond donors (Lipinski definition) is 1. The Hall–Kier alpha value is -0.340. The van der Waals surface area contributed by atoms with E-state index in [-0.39, 0.29) is 0 Å². The zero-order chi connectivity index (χ0) is 11.4. The zero-order valence-corrected chi connectivity index (χ0v) is 11.5. The van der Waals surface area contributed by atoms with E-state index in [2.05, 4.69) is 52.4 Å². The minimum atomic E-state index is 0.531. The number of rotatable bonds is 6. The van der Waals surface area contributed by atoms with Crippen molar-refractivity contribution >= 4 is 15.9 Å². The van der Waals surface area contributed by atoms with E-state index in [1.807, 2.05) is 0 Å². The smallest absolute Gasteiger partial charge is 0.0320 e. The van der Waals surface area contributed by atoms with Crippen molar-refractivity contribution < 1.29 is 0 Å². The van der Waals surface area contributed by atoms with E-state index >= 15 is 0 Å². The average Bonchev–Trinajstić information content (AvgIpc) is 3.08. The van der Waals surface area contributed by atoms with Gasteiger partial charge in [0.15, 0.2) is 0 Å². The lowest BCUT2D eigenvalue weighted by Gasteiger charge is -2.18. The summed E-state index contributed by atoms with van der Waals surface area (Å²) >= 11 is 3.55. The molecule has 16 heavy (non-hydrogen) atoms. The molecule has 1 unspecified atom stereocenters. The summed E-state index contributed by atoms with van der Waals surface area (Å²) in [7, 11) is 0. The summed E-state index contributed by atoms with van der Waals surface area (Å²) in [5.74, 6) is 1.02. The Morgan fingerprint density at radius 3 is 2.88 bits per heavy atom. The van der Waals surface area contributed by atoms with Gasteiger partial charge in [-0.1, -0.05) is 47.8 Å². The van der Waals surface area contributed by atoms with E-state index in [0.717, 1.165) is 12.5 Å². The highest BCUT2D eigenvalue weighted by Crippen LogP contribution is 2.36. The van der Waals surface area contributed by atoms with E-state index in [1.165, 1.54) is 35.7 Å². The van der Waals surface area contributed by atoms with E-state index in [1.54, 1.807) is 0 Å². The Bertz CT molecular complexity index is 333. The van der Waals surface area contributed by atoms with E-state index in [0.29, 0.717) is 6.04 Å². The molecule has 0 radical (unpaired) electrons. The topological polar surface area (TPSA) is 12.0 Å². The summed E-state index contributed by atoms with van der Waals surface area (Å²) < 4.78 is 1.18. The Kier molecular flexibility index (Phi) is 4.42. The molecule has 1 aliphatic carbocycles. The van der Waals surface area contributed by atoms with Crippen LogP contribution in [0, 0.1) is 5.92 Å².